The van der Waals surface area contributed by atoms with Gasteiger partial charge < -0.3 is 19.9 Å². The molecule has 2 aromatic rings. The smallest absolute Gasteiger partial charge is 0.416 e. The van der Waals surface area contributed by atoms with E-state index in [2.05, 4.69) is 10.2 Å². The van der Waals surface area contributed by atoms with Gasteiger partial charge in [0.15, 0.2) is 0 Å². The molecule has 1 atom stereocenters. The fourth-order valence-corrected chi connectivity index (χ4v) is 3.93. The summed E-state index contributed by atoms with van der Waals surface area (Å²) in [6.45, 7) is 3.93. The maximum atomic E-state index is 13.7. The molecule has 0 aliphatic carbocycles. The molecule has 0 bridgehead atoms. The first-order chi connectivity index (χ1) is 16.5. The number of benzene rings is 2. The predicted octanol–water partition coefficient (Wildman–Crippen LogP) is 3.85. The molecule has 0 spiro atoms. The summed E-state index contributed by atoms with van der Waals surface area (Å²) in [5.41, 5.74) is -2.12. The number of carbonyl (C=O) groups excluding carboxylic acids is 2. The number of rotatable bonds is 8. The SMILES string of the molecule is CCCC(NC(=O)Cc1ccc(F)cc1)(Oc1ccc(C(F)(F)F)cc1)C(=O)N1CCN(C)CC1. The molecule has 1 N–H and O–H groups in total. The van der Waals surface area contributed by atoms with Crippen LogP contribution in [0.4, 0.5) is 17.6 Å². The molecule has 190 valence electrons. The first-order valence-electron chi connectivity index (χ1n) is 11.4. The number of halogens is 4. The van der Waals surface area contributed by atoms with E-state index in [9.17, 15) is 27.2 Å². The highest BCUT2D eigenvalue weighted by atomic mass is 19.4. The van der Waals surface area contributed by atoms with Crippen molar-refractivity contribution in [1.29, 1.82) is 0 Å². The molecule has 3 rings (SSSR count). The van der Waals surface area contributed by atoms with E-state index < -0.39 is 35.1 Å². The van der Waals surface area contributed by atoms with Crippen LogP contribution in [0.2, 0.25) is 0 Å². The summed E-state index contributed by atoms with van der Waals surface area (Å²) in [7, 11) is 1.93. The minimum atomic E-state index is -4.52. The van der Waals surface area contributed by atoms with Gasteiger partial charge >= 0.3 is 6.18 Å². The Morgan fingerprint density at radius 3 is 2.11 bits per heavy atom. The van der Waals surface area contributed by atoms with Gasteiger partial charge in [-0.05, 0) is 55.4 Å². The van der Waals surface area contributed by atoms with Crippen LogP contribution >= 0.6 is 0 Å². The second kappa shape index (κ2) is 11.1. The van der Waals surface area contributed by atoms with Crippen LogP contribution in [0, 0.1) is 5.82 Å². The number of alkyl halides is 3. The van der Waals surface area contributed by atoms with Crippen molar-refractivity contribution in [2.75, 3.05) is 33.2 Å². The highest BCUT2D eigenvalue weighted by Crippen LogP contribution is 2.32. The van der Waals surface area contributed by atoms with Crippen molar-refractivity contribution in [2.24, 2.45) is 0 Å². The Hall–Kier alpha value is -3.14. The highest BCUT2D eigenvalue weighted by Gasteiger charge is 2.45. The van der Waals surface area contributed by atoms with Crippen molar-refractivity contribution in [2.45, 2.75) is 38.1 Å². The molecule has 1 heterocycles. The second-order valence-corrected chi connectivity index (χ2v) is 8.65. The minimum absolute atomic E-state index is 0.0241. The number of nitrogens with zero attached hydrogens (tertiary/aromatic N) is 2. The molecule has 1 aliphatic rings. The number of ether oxygens (including phenoxy) is 1. The lowest BCUT2D eigenvalue weighted by molar-refractivity contribution is -0.158. The Bertz CT molecular complexity index is 1000. The summed E-state index contributed by atoms with van der Waals surface area (Å²) in [5.74, 6) is -1.40. The molecule has 0 radical (unpaired) electrons. The molecular formula is C25H29F4N3O3. The van der Waals surface area contributed by atoms with Gasteiger partial charge in [0.1, 0.15) is 11.6 Å². The normalized spacial score (nSPS) is 16.5. The van der Waals surface area contributed by atoms with E-state index in [-0.39, 0.29) is 18.6 Å². The number of hydrogen-bond acceptors (Lipinski definition) is 4. The van der Waals surface area contributed by atoms with E-state index in [1.807, 2.05) is 14.0 Å². The largest absolute Gasteiger partial charge is 0.459 e. The van der Waals surface area contributed by atoms with Crippen molar-refractivity contribution >= 4 is 11.8 Å². The summed E-state index contributed by atoms with van der Waals surface area (Å²) < 4.78 is 58.2. The number of carbonyl (C=O) groups is 2. The summed E-state index contributed by atoms with van der Waals surface area (Å²) in [6.07, 6.45) is -4.08. The van der Waals surface area contributed by atoms with Crippen molar-refractivity contribution in [3.8, 4) is 5.75 Å². The molecule has 2 amide bonds. The number of hydrogen-bond donors (Lipinski definition) is 1. The van der Waals surface area contributed by atoms with Crippen molar-refractivity contribution in [3.05, 3.63) is 65.5 Å². The Morgan fingerprint density at radius 1 is 0.971 bits per heavy atom. The van der Waals surface area contributed by atoms with E-state index in [0.29, 0.717) is 38.2 Å². The fourth-order valence-electron chi connectivity index (χ4n) is 3.93. The maximum absolute atomic E-state index is 13.7. The average Bonchev–Trinajstić information content (AvgIpc) is 2.80. The van der Waals surface area contributed by atoms with Gasteiger partial charge in [-0.3, -0.25) is 9.59 Å². The minimum Gasteiger partial charge on any atom is -0.459 e. The maximum Gasteiger partial charge on any atom is 0.416 e. The Kier molecular flexibility index (Phi) is 8.37. The van der Waals surface area contributed by atoms with Gasteiger partial charge in [-0.1, -0.05) is 19.1 Å². The lowest BCUT2D eigenvalue weighted by atomic mass is 10.0. The summed E-state index contributed by atoms with van der Waals surface area (Å²) in [6, 6.07) is 9.41. The Labute approximate surface area is 201 Å². The summed E-state index contributed by atoms with van der Waals surface area (Å²) in [5, 5.41) is 2.71. The standard InChI is InChI=1S/C25H29F4N3O3/c1-3-12-24(23(34)32-15-13-31(2)14-16-32,30-22(33)17-18-4-8-20(26)9-5-18)35-21-10-6-19(7-11-21)25(27,28)29/h4-11H,3,12-17H2,1-2H3,(H,30,33). The lowest BCUT2D eigenvalue weighted by Gasteiger charge is -2.40. The predicted molar refractivity (Wildman–Crippen MR) is 122 cm³/mol. The Morgan fingerprint density at radius 2 is 1.57 bits per heavy atom. The van der Waals surface area contributed by atoms with Crippen molar-refractivity contribution in [3.63, 3.8) is 0 Å². The van der Waals surface area contributed by atoms with E-state index in [1.54, 1.807) is 4.90 Å². The lowest BCUT2D eigenvalue weighted by Crippen LogP contribution is -2.65. The molecule has 1 aliphatic heterocycles. The molecule has 0 aromatic heterocycles. The zero-order valence-corrected chi connectivity index (χ0v) is 19.7. The fraction of sp³-hybridized carbons (Fsp3) is 0.440. The van der Waals surface area contributed by atoms with Gasteiger partial charge in [-0.15, -0.1) is 0 Å². The van der Waals surface area contributed by atoms with Crippen LogP contribution in [0.25, 0.3) is 0 Å². The molecule has 6 nitrogen and oxygen atoms in total. The van der Waals surface area contributed by atoms with Crippen LogP contribution in [0.1, 0.15) is 30.9 Å². The van der Waals surface area contributed by atoms with Gasteiger partial charge in [0.25, 0.3) is 11.6 Å². The highest BCUT2D eigenvalue weighted by molar-refractivity contribution is 5.91. The number of likely N-dealkylation sites (N-methyl/N-ethyl adjacent to an activating group) is 1. The van der Waals surface area contributed by atoms with Crippen LogP contribution in [-0.4, -0.2) is 60.6 Å². The van der Waals surface area contributed by atoms with Crippen LogP contribution in [0.15, 0.2) is 48.5 Å². The van der Waals surface area contributed by atoms with Gasteiger partial charge in [0, 0.05) is 32.6 Å². The number of piperazine rings is 1. The molecule has 10 heteroatoms. The van der Waals surface area contributed by atoms with Crippen LogP contribution in [-0.2, 0) is 22.2 Å². The molecular weight excluding hydrogens is 466 g/mol. The molecule has 2 aromatic carbocycles. The van der Waals surface area contributed by atoms with E-state index >= 15 is 0 Å². The quantitative estimate of drug-likeness (QED) is 0.447. The molecule has 1 saturated heterocycles. The first kappa shape index (κ1) is 26.5. The van der Waals surface area contributed by atoms with E-state index in [4.69, 9.17) is 4.74 Å². The molecule has 0 saturated carbocycles. The second-order valence-electron chi connectivity index (χ2n) is 8.65. The first-order valence-corrected chi connectivity index (χ1v) is 11.4. The van der Waals surface area contributed by atoms with Crippen LogP contribution in [0.3, 0.4) is 0 Å². The monoisotopic (exact) mass is 495 g/mol. The van der Waals surface area contributed by atoms with Gasteiger partial charge in [0.2, 0.25) is 5.91 Å². The van der Waals surface area contributed by atoms with E-state index in [0.717, 1.165) is 24.3 Å². The zero-order chi connectivity index (χ0) is 25.6. The van der Waals surface area contributed by atoms with Crippen molar-refractivity contribution < 1.29 is 31.9 Å². The van der Waals surface area contributed by atoms with Gasteiger partial charge in [-0.25, -0.2) is 4.39 Å². The zero-order valence-electron chi connectivity index (χ0n) is 19.7. The molecule has 1 unspecified atom stereocenters. The third-order valence-corrected chi connectivity index (χ3v) is 5.83. The number of nitrogens with one attached hydrogen (secondary N) is 1. The third-order valence-electron chi connectivity index (χ3n) is 5.83. The summed E-state index contributed by atoms with van der Waals surface area (Å²) >= 11 is 0. The van der Waals surface area contributed by atoms with Gasteiger partial charge in [0.05, 0.1) is 12.0 Å². The van der Waals surface area contributed by atoms with Gasteiger partial charge in [-0.2, -0.15) is 13.2 Å². The molecule has 35 heavy (non-hydrogen) atoms. The molecule has 1 fully saturated rings. The summed E-state index contributed by atoms with van der Waals surface area (Å²) in [4.78, 5) is 30.4. The van der Waals surface area contributed by atoms with Crippen LogP contribution < -0.4 is 10.1 Å². The number of amides is 2. The third kappa shape index (κ3) is 6.94. The van der Waals surface area contributed by atoms with Crippen molar-refractivity contribution in [1.82, 2.24) is 15.1 Å². The Balaban J connectivity index is 1.90. The average molecular weight is 496 g/mol. The topological polar surface area (TPSA) is 61.9 Å². The van der Waals surface area contributed by atoms with Crippen LogP contribution in [0.5, 0.6) is 5.75 Å². The van der Waals surface area contributed by atoms with E-state index in [1.165, 1.54) is 24.3 Å².